The number of piperazine rings is 2. The van der Waals surface area contributed by atoms with E-state index in [9.17, 15) is 29.1 Å². The molecule has 5 amide bonds. The summed E-state index contributed by atoms with van der Waals surface area (Å²) in [5, 5.41) is 20.9. The molecule has 12 rings (SSSR count). The number of carbonyl (C=O) groups excluding carboxylic acids is 5. The van der Waals surface area contributed by atoms with Gasteiger partial charge in [-0.1, -0.05) is 24.1 Å². The summed E-state index contributed by atoms with van der Waals surface area (Å²) in [5.41, 5.74) is 1.42. The van der Waals surface area contributed by atoms with E-state index in [1.165, 1.54) is 30.5 Å². The Balaban J connectivity index is 0.684. The van der Waals surface area contributed by atoms with E-state index in [-0.39, 0.29) is 101 Å². The molecule has 21 heteroatoms. The van der Waals surface area contributed by atoms with Crippen LogP contribution in [-0.2, 0) is 14.3 Å². The minimum atomic E-state index is -1.03. The Morgan fingerprint density at radius 2 is 1.75 bits per heavy atom. The Kier molecular flexibility index (Phi) is 12.5. The van der Waals surface area contributed by atoms with Gasteiger partial charge in [0.1, 0.15) is 47.9 Å². The molecule has 6 saturated heterocycles. The number of phenolic OH excluding ortho intramolecular Hbond substituents is 1. The molecule has 7 aliphatic heterocycles. The highest BCUT2D eigenvalue weighted by Crippen LogP contribution is 2.45. The van der Waals surface area contributed by atoms with Crippen LogP contribution in [0.4, 0.5) is 25.1 Å². The number of fused-ring (bicyclic) bond motifs is 6. The summed E-state index contributed by atoms with van der Waals surface area (Å²) in [6, 6.07) is 9.67. The van der Waals surface area contributed by atoms with Crippen molar-refractivity contribution in [3.8, 4) is 35.4 Å². The molecule has 6 fully saturated rings. The number of terminal acetylenes is 1. The number of hydrogen-bond donors (Lipinski definition) is 4. The lowest BCUT2D eigenvalue weighted by Gasteiger charge is -2.36. The second-order valence-corrected chi connectivity index (χ2v) is 21.0. The summed E-state index contributed by atoms with van der Waals surface area (Å²) in [4.78, 5) is 87.5. The summed E-state index contributed by atoms with van der Waals surface area (Å²) in [6.45, 7) is 9.95. The fraction of sp³-hybridized carbons (Fsp3) is 0.418. The van der Waals surface area contributed by atoms with Crippen LogP contribution in [0, 0.1) is 24.0 Å². The molecule has 4 N–H and O–H groups in total. The van der Waals surface area contributed by atoms with Crippen LogP contribution in [0.15, 0.2) is 60.8 Å². The van der Waals surface area contributed by atoms with Crippen LogP contribution in [0.25, 0.3) is 32.9 Å². The number of carbonyl (C=O) groups is 5. The first-order valence-electron chi connectivity index (χ1n) is 25.8. The van der Waals surface area contributed by atoms with Gasteiger partial charge in [0, 0.05) is 106 Å². The molecule has 7 aliphatic rings. The number of imide groups is 2. The second-order valence-electron chi connectivity index (χ2n) is 21.0. The van der Waals surface area contributed by atoms with Gasteiger partial charge < -0.3 is 35.0 Å². The van der Waals surface area contributed by atoms with Crippen LogP contribution in [0.2, 0.25) is 0 Å². The largest absolute Gasteiger partial charge is 0.508 e. The average molecular weight is 1040 g/mol. The molecule has 0 spiro atoms. The highest BCUT2D eigenvalue weighted by molar-refractivity contribution is 6.23. The number of halogens is 2. The number of hydrogen-bond acceptors (Lipinski definition) is 16. The van der Waals surface area contributed by atoms with Crippen molar-refractivity contribution in [3.63, 3.8) is 0 Å². The molecule has 5 aromatic rings. The Morgan fingerprint density at radius 3 is 2.53 bits per heavy atom. The van der Waals surface area contributed by atoms with E-state index in [4.69, 9.17) is 25.9 Å². The number of aromatic nitrogens is 3. The van der Waals surface area contributed by atoms with Crippen LogP contribution in [-0.4, -0.2) is 171 Å². The van der Waals surface area contributed by atoms with Crippen molar-refractivity contribution in [1.29, 1.82) is 0 Å². The van der Waals surface area contributed by atoms with Crippen molar-refractivity contribution in [2.75, 3.05) is 82.3 Å². The molecular formula is C55H55F2N11O8. The molecule has 19 nitrogen and oxygen atoms in total. The molecule has 9 heterocycles. The lowest BCUT2D eigenvalue weighted by Crippen LogP contribution is -2.54. The first kappa shape index (κ1) is 49.1. The van der Waals surface area contributed by atoms with E-state index in [1.807, 2.05) is 0 Å². The summed E-state index contributed by atoms with van der Waals surface area (Å²) in [5.74, 6) is -0.958. The molecule has 2 bridgehead atoms. The minimum absolute atomic E-state index is 0.0188. The lowest BCUT2D eigenvalue weighted by molar-refractivity contribution is -0.136. The van der Waals surface area contributed by atoms with Crippen molar-refractivity contribution in [2.24, 2.45) is 0 Å². The van der Waals surface area contributed by atoms with Crippen LogP contribution in [0.1, 0.15) is 71.2 Å². The molecular weight excluding hydrogens is 981 g/mol. The Labute approximate surface area is 435 Å². The zero-order chi connectivity index (χ0) is 52.6. The Hall–Kier alpha value is -7.80. The number of aromatic hydroxyl groups is 1. The number of nitrogens with zero attached hydrogens (tertiary/aromatic N) is 8. The van der Waals surface area contributed by atoms with Gasteiger partial charge >= 0.3 is 12.1 Å². The molecule has 392 valence electrons. The third-order valence-electron chi connectivity index (χ3n) is 16.3. The van der Waals surface area contributed by atoms with Crippen LogP contribution >= 0.6 is 0 Å². The van der Waals surface area contributed by atoms with Crippen molar-refractivity contribution < 1.29 is 47.3 Å². The molecule has 0 aliphatic carbocycles. The fourth-order valence-electron chi connectivity index (χ4n) is 12.5. The van der Waals surface area contributed by atoms with E-state index in [1.54, 1.807) is 23.1 Å². The van der Waals surface area contributed by atoms with Crippen molar-refractivity contribution in [2.45, 2.75) is 74.7 Å². The molecule has 0 saturated carbocycles. The minimum Gasteiger partial charge on any atom is -0.508 e. The maximum absolute atomic E-state index is 17.3. The predicted molar refractivity (Wildman–Crippen MR) is 275 cm³/mol. The molecule has 76 heavy (non-hydrogen) atoms. The molecule has 0 radical (unpaired) electrons. The zero-order valence-corrected chi connectivity index (χ0v) is 41.6. The van der Waals surface area contributed by atoms with Gasteiger partial charge in [0.2, 0.25) is 11.8 Å². The third-order valence-corrected chi connectivity index (χ3v) is 16.3. The van der Waals surface area contributed by atoms with Gasteiger partial charge in [-0.25, -0.2) is 13.6 Å². The number of phenols is 1. The average Bonchev–Trinajstić information content (AvgIpc) is 4.18. The van der Waals surface area contributed by atoms with E-state index in [2.05, 4.69) is 48.1 Å². The predicted octanol–water partition coefficient (Wildman–Crippen LogP) is 4.56. The number of piperidine rings is 1. The van der Waals surface area contributed by atoms with Crippen LogP contribution in [0.5, 0.6) is 11.8 Å². The number of anilines is 2. The van der Waals surface area contributed by atoms with Crippen LogP contribution in [0.3, 0.4) is 0 Å². The molecule has 3 unspecified atom stereocenters. The fourth-order valence-corrected chi connectivity index (χ4v) is 12.5. The monoisotopic (exact) mass is 1040 g/mol. The maximum atomic E-state index is 17.3. The van der Waals surface area contributed by atoms with Gasteiger partial charge in [0.05, 0.1) is 27.6 Å². The van der Waals surface area contributed by atoms with Crippen molar-refractivity contribution >= 4 is 62.9 Å². The summed E-state index contributed by atoms with van der Waals surface area (Å²) < 4.78 is 44.9. The van der Waals surface area contributed by atoms with E-state index in [0.717, 1.165) is 36.2 Å². The van der Waals surface area contributed by atoms with Gasteiger partial charge in [0.25, 0.3) is 11.8 Å². The Bertz CT molecular complexity index is 3330. The smallest absolute Gasteiger partial charge is 0.409 e. The number of pyridine rings is 1. The second kappa shape index (κ2) is 19.4. The number of nitrogens with one attached hydrogen (secondary N) is 3. The standard InChI is InChI=1S/C55H55F2N11O8/c1-3-37-42(56)9-4-31-20-36(69)22-40(45(31)37)47-46(57)48-41(24-59-47)49(66-26-33-5-6-34(27-66)60-33)63-53(62-48)76-29-55-13-12-35(67(55)25-30(2)23-55)28-75-54(74)65-18-16-64(17-19-65)15-14-58-32-7-8-38-39(21-32)52(73)68(51(38)72)43-10-11-44(70)61-50(43)71/h1,4,7-9,20-22,24,33-35,43,58,60,69H,2,5-6,10-19,23,25-29H2,(H,61,70,71)/t33?,34?,35-,43?,55-/m0/s1. The number of benzene rings is 3. The van der Waals surface area contributed by atoms with Crippen LogP contribution < -0.4 is 25.6 Å². The zero-order valence-electron chi connectivity index (χ0n) is 41.6. The van der Waals surface area contributed by atoms with Gasteiger partial charge in [-0.05, 0) is 80.3 Å². The molecule has 2 aromatic heterocycles. The van der Waals surface area contributed by atoms with Crippen molar-refractivity contribution in [1.82, 2.24) is 45.2 Å². The topological polar surface area (TPSA) is 215 Å². The number of amides is 5. The van der Waals surface area contributed by atoms with E-state index in [0.29, 0.717) is 87.6 Å². The quantitative estimate of drug-likeness (QED) is 0.0766. The SMILES string of the molecule is C#Cc1c(F)ccc2cc(O)cc(-c3ncc4c(N5CC6CCC(C5)N6)nc(OC[C@@]56CC[C@@H](COC(=O)N7CCN(CCNc8ccc9c(c8)C(=O)N(C8CCC(=O)NC8=O)C9=O)CC7)N5CC(=C)C6)nc4c3F)c12. The van der Waals surface area contributed by atoms with Gasteiger partial charge in [-0.15, -0.1) is 6.42 Å². The summed E-state index contributed by atoms with van der Waals surface area (Å²) >= 11 is 0. The normalized spacial score (nSPS) is 24.6. The van der Waals surface area contributed by atoms with Gasteiger partial charge in [0.15, 0.2) is 5.82 Å². The summed E-state index contributed by atoms with van der Waals surface area (Å²) in [6.07, 6.45) is 11.2. The first-order valence-corrected chi connectivity index (χ1v) is 25.8. The van der Waals surface area contributed by atoms with E-state index < -0.39 is 46.8 Å². The van der Waals surface area contributed by atoms with Gasteiger partial charge in [-0.3, -0.25) is 44.2 Å². The number of rotatable bonds is 12. The summed E-state index contributed by atoms with van der Waals surface area (Å²) in [7, 11) is 0. The molecule has 5 atom stereocenters. The highest BCUT2D eigenvalue weighted by Gasteiger charge is 2.52. The maximum Gasteiger partial charge on any atom is 0.409 e. The third kappa shape index (κ3) is 8.76. The lowest BCUT2D eigenvalue weighted by atomic mass is 9.94. The van der Waals surface area contributed by atoms with Crippen molar-refractivity contribution in [3.05, 3.63) is 89.1 Å². The van der Waals surface area contributed by atoms with Gasteiger partial charge in [-0.2, -0.15) is 9.97 Å². The van der Waals surface area contributed by atoms with E-state index >= 15 is 8.78 Å². The Morgan fingerprint density at radius 1 is 0.961 bits per heavy atom. The highest BCUT2D eigenvalue weighted by atomic mass is 19.1. The first-order chi connectivity index (χ1) is 36.7. The number of ether oxygens (including phenoxy) is 2. The molecule has 3 aromatic carbocycles.